The SMILES string of the molecule is CCNC(c1cn[nH]c1)c1ccc(C)s1. The summed E-state index contributed by atoms with van der Waals surface area (Å²) in [5.41, 5.74) is 1.19. The van der Waals surface area contributed by atoms with Crippen LogP contribution in [0.15, 0.2) is 24.5 Å². The Morgan fingerprint density at radius 1 is 1.53 bits per heavy atom. The average molecular weight is 221 g/mol. The Morgan fingerprint density at radius 2 is 2.40 bits per heavy atom. The Balaban J connectivity index is 2.27. The molecule has 2 rings (SSSR count). The Bertz CT molecular complexity index is 405. The fourth-order valence-corrected chi connectivity index (χ4v) is 2.60. The van der Waals surface area contributed by atoms with Crippen molar-refractivity contribution in [3.05, 3.63) is 39.8 Å². The van der Waals surface area contributed by atoms with E-state index in [2.05, 4.69) is 41.5 Å². The molecule has 0 radical (unpaired) electrons. The first-order chi connectivity index (χ1) is 7.31. The molecular formula is C11H15N3S. The largest absolute Gasteiger partial charge is 0.306 e. The summed E-state index contributed by atoms with van der Waals surface area (Å²) in [4.78, 5) is 2.69. The summed E-state index contributed by atoms with van der Waals surface area (Å²) >= 11 is 1.83. The van der Waals surface area contributed by atoms with Gasteiger partial charge in [0.1, 0.15) is 0 Å². The fourth-order valence-electron chi connectivity index (χ4n) is 1.61. The maximum Gasteiger partial charge on any atom is 0.0701 e. The standard InChI is InChI=1S/C11H15N3S/c1-3-12-11(9-6-13-14-7-9)10-5-4-8(2)15-10/h4-7,11-12H,3H2,1-2H3,(H,13,14). The van der Waals surface area contributed by atoms with Gasteiger partial charge in [-0.2, -0.15) is 5.10 Å². The monoisotopic (exact) mass is 221 g/mol. The van der Waals surface area contributed by atoms with E-state index in [9.17, 15) is 0 Å². The minimum Gasteiger partial charge on any atom is -0.306 e. The second-order valence-electron chi connectivity index (χ2n) is 3.47. The van der Waals surface area contributed by atoms with Gasteiger partial charge in [-0.15, -0.1) is 11.3 Å². The highest BCUT2D eigenvalue weighted by atomic mass is 32.1. The Morgan fingerprint density at radius 3 is 2.93 bits per heavy atom. The average Bonchev–Trinajstić information content (AvgIpc) is 2.85. The van der Waals surface area contributed by atoms with E-state index in [4.69, 9.17) is 0 Å². The number of hydrogen-bond donors (Lipinski definition) is 2. The van der Waals surface area contributed by atoms with Crippen LogP contribution in [-0.2, 0) is 0 Å². The number of aromatic nitrogens is 2. The van der Waals surface area contributed by atoms with E-state index in [1.807, 2.05) is 23.7 Å². The minimum atomic E-state index is 0.271. The van der Waals surface area contributed by atoms with Gasteiger partial charge in [0.15, 0.2) is 0 Å². The van der Waals surface area contributed by atoms with Crippen LogP contribution in [0.3, 0.4) is 0 Å². The lowest BCUT2D eigenvalue weighted by molar-refractivity contribution is 0.640. The van der Waals surface area contributed by atoms with Crippen molar-refractivity contribution in [2.45, 2.75) is 19.9 Å². The van der Waals surface area contributed by atoms with E-state index in [1.54, 1.807) is 0 Å². The summed E-state index contributed by atoms with van der Waals surface area (Å²) in [6, 6.07) is 4.61. The van der Waals surface area contributed by atoms with Crippen molar-refractivity contribution in [1.29, 1.82) is 0 Å². The Labute approximate surface area is 93.5 Å². The van der Waals surface area contributed by atoms with Gasteiger partial charge in [-0.3, -0.25) is 5.10 Å². The third-order valence-electron chi connectivity index (χ3n) is 2.31. The van der Waals surface area contributed by atoms with E-state index >= 15 is 0 Å². The fraction of sp³-hybridized carbons (Fsp3) is 0.364. The molecule has 1 atom stereocenters. The zero-order valence-electron chi connectivity index (χ0n) is 8.95. The minimum absolute atomic E-state index is 0.271. The molecule has 15 heavy (non-hydrogen) atoms. The summed E-state index contributed by atoms with van der Waals surface area (Å²) in [5.74, 6) is 0. The second-order valence-corrected chi connectivity index (χ2v) is 4.79. The number of aromatic amines is 1. The van der Waals surface area contributed by atoms with E-state index in [0.717, 1.165) is 6.54 Å². The third kappa shape index (κ3) is 2.27. The number of thiophene rings is 1. The quantitative estimate of drug-likeness (QED) is 0.832. The van der Waals surface area contributed by atoms with Gasteiger partial charge >= 0.3 is 0 Å². The highest BCUT2D eigenvalue weighted by Crippen LogP contribution is 2.27. The summed E-state index contributed by atoms with van der Waals surface area (Å²) in [5, 5.41) is 10.3. The van der Waals surface area contributed by atoms with E-state index in [0.29, 0.717) is 0 Å². The summed E-state index contributed by atoms with van der Waals surface area (Å²) < 4.78 is 0. The lowest BCUT2D eigenvalue weighted by Gasteiger charge is -2.14. The third-order valence-corrected chi connectivity index (χ3v) is 3.37. The molecule has 3 nitrogen and oxygen atoms in total. The molecule has 2 aromatic rings. The highest BCUT2D eigenvalue weighted by molar-refractivity contribution is 7.12. The molecule has 4 heteroatoms. The molecule has 2 N–H and O–H groups in total. The van der Waals surface area contributed by atoms with Crippen molar-refractivity contribution >= 4 is 11.3 Å². The first kappa shape index (κ1) is 10.4. The van der Waals surface area contributed by atoms with Crippen LogP contribution in [0.25, 0.3) is 0 Å². The van der Waals surface area contributed by atoms with Crippen molar-refractivity contribution in [2.75, 3.05) is 6.54 Å². The molecule has 0 bridgehead atoms. The normalized spacial score (nSPS) is 12.9. The smallest absolute Gasteiger partial charge is 0.0701 e. The van der Waals surface area contributed by atoms with E-state index < -0.39 is 0 Å². The van der Waals surface area contributed by atoms with Crippen LogP contribution in [0, 0.1) is 6.92 Å². The van der Waals surface area contributed by atoms with Gasteiger partial charge in [0.25, 0.3) is 0 Å². The molecule has 0 aliphatic heterocycles. The van der Waals surface area contributed by atoms with Crippen molar-refractivity contribution in [3.8, 4) is 0 Å². The summed E-state index contributed by atoms with van der Waals surface area (Å²) in [7, 11) is 0. The number of nitrogens with one attached hydrogen (secondary N) is 2. The van der Waals surface area contributed by atoms with Crippen molar-refractivity contribution in [1.82, 2.24) is 15.5 Å². The molecule has 1 unspecified atom stereocenters. The molecule has 0 spiro atoms. The second kappa shape index (κ2) is 4.59. The zero-order valence-corrected chi connectivity index (χ0v) is 9.77. The van der Waals surface area contributed by atoms with Crippen molar-refractivity contribution in [2.24, 2.45) is 0 Å². The predicted octanol–water partition coefficient (Wildman–Crippen LogP) is 2.48. The van der Waals surface area contributed by atoms with Gasteiger partial charge in [0.05, 0.1) is 12.2 Å². The number of hydrogen-bond acceptors (Lipinski definition) is 3. The zero-order chi connectivity index (χ0) is 10.7. The maximum atomic E-state index is 4.00. The molecule has 0 amide bonds. The summed E-state index contributed by atoms with van der Waals surface area (Å²) in [6.45, 7) is 5.20. The number of rotatable bonds is 4. The molecule has 2 aromatic heterocycles. The molecule has 0 saturated carbocycles. The van der Waals surface area contributed by atoms with Crippen LogP contribution in [-0.4, -0.2) is 16.7 Å². The number of nitrogens with zero attached hydrogens (tertiary/aromatic N) is 1. The van der Waals surface area contributed by atoms with Crippen LogP contribution in [0.5, 0.6) is 0 Å². The van der Waals surface area contributed by atoms with Gasteiger partial charge in [0.2, 0.25) is 0 Å². The van der Waals surface area contributed by atoms with Gasteiger partial charge < -0.3 is 5.32 Å². The van der Waals surface area contributed by atoms with Crippen molar-refractivity contribution in [3.63, 3.8) is 0 Å². The van der Waals surface area contributed by atoms with Gasteiger partial charge in [-0.05, 0) is 25.6 Å². The topological polar surface area (TPSA) is 40.7 Å². The number of H-pyrrole nitrogens is 1. The van der Waals surface area contributed by atoms with Crippen LogP contribution >= 0.6 is 11.3 Å². The number of aryl methyl sites for hydroxylation is 1. The highest BCUT2D eigenvalue weighted by Gasteiger charge is 2.15. The van der Waals surface area contributed by atoms with Crippen LogP contribution in [0.4, 0.5) is 0 Å². The molecule has 0 saturated heterocycles. The van der Waals surface area contributed by atoms with Crippen LogP contribution in [0.2, 0.25) is 0 Å². The Hall–Kier alpha value is -1.13. The molecule has 80 valence electrons. The van der Waals surface area contributed by atoms with Crippen LogP contribution in [0.1, 0.15) is 28.3 Å². The lowest BCUT2D eigenvalue weighted by Crippen LogP contribution is -2.20. The lowest BCUT2D eigenvalue weighted by atomic mass is 10.1. The molecule has 0 aromatic carbocycles. The Kier molecular flexibility index (Phi) is 3.18. The van der Waals surface area contributed by atoms with E-state index in [-0.39, 0.29) is 6.04 Å². The summed E-state index contributed by atoms with van der Waals surface area (Å²) in [6.07, 6.45) is 3.82. The molecular weight excluding hydrogens is 206 g/mol. The molecule has 0 fully saturated rings. The predicted molar refractivity (Wildman–Crippen MR) is 63.2 cm³/mol. The van der Waals surface area contributed by atoms with Gasteiger partial charge in [-0.1, -0.05) is 6.92 Å². The van der Waals surface area contributed by atoms with Crippen molar-refractivity contribution < 1.29 is 0 Å². The molecule has 0 aliphatic rings. The van der Waals surface area contributed by atoms with E-state index in [1.165, 1.54) is 15.3 Å². The molecule has 0 aliphatic carbocycles. The first-order valence-electron chi connectivity index (χ1n) is 5.09. The molecule has 2 heterocycles. The van der Waals surface area contributed by atoms with Gasteiger partial charge in [-0.25, -0.2) is 0 Å². The first-order valence-corrected chi connectivity index (χ1v) is 5.91. The maximum absolute atomic E-state index is 4.00. The van der Waals surface area contributed by atoms with Gasteiger partial charge in [0, 0.05) is 21.5 Å². The van der Waals surface area contributed by atoms with Crippen LogP contribution < -0.4 is 5.32 Å².